The van der Waals surface area contributed by atoms with Crippen LogP contribution in [0.4, 0.5) is 0 Å². The average molecular weight is 305 g/mol. The van der Waals surface area contributed by atoms with Crippen molar-refractivity contribution >= 4 is 16.8 Å². The first-order valence-electron chi connectivity index (χ1n) is 7.56. The average Bonchev–Trinajstić information content (AvgIpc) is 2.87. The van der Waals surface area contributed by atoms with Gasteiger partial charge in [0, 0.05) is 17.4 Å². The highest BCUT2D eigenvalue weighted by Crippen LogP contribution is 2.21. The number of hydrogen-bond acceptors (Lipinski definition) is 4. The van der Waals surface area contributed by atoms with E-state index in [1.165, 1.54) is 0 Å². The Labute approximate surface area is 129 Å². The van der Waals surface area contributed by atoms with Gasteiger partial charge in [-0.25, -0.2) is 0 Å². The number of carbonyl (C=O) groups excluding carboxylic acids is 1. The molecule has 1 unspecified atom stereocenters. The van der Waals surface area contributed by atoms with E-state index in [0.717, 1.165) is 35.7 Å². The maximum absolute atomic E-state index is 12.2. The molecule has 1 aromatic heterocycles. The summed E-state index contributed by atoms with van der Waals surface area (Å²) in [6.45, 7) is 2.54. The number of rotatable bonds is 8. The van der Waals surface area contributed by atoms with E-state index in [1.54, 1.807) is 5.48 Å². The van der Waals surface area contributed by atoms with Crippen molar-refractivity contribution in [3.05, 3.63) is 35.5 Å². The van der Waals surface area contributed by atoms with E-state index in [1.807, 2.05) is 31.2 Å². The van der Waals surface area contributed by atoms with Gasteiger partial charge in [0.15, 0.2) is 0 Å². The standard InChI is InChI=1S/C16H23N3O3/c1-11-12-7-4-5-8-13(12)18-15(11)16(21)17-10-6-2-3-9-14(20)19-22/h4-5,7-8,14,18-20,22H,2-3,6,9-10H2,1H3,(H,17,21). The van der Waals surface area contributed by atoms with Crippen molar-refractivity contribution in [3.63, 3.8) is 0 Å². The van der Waals surface area contributed by atoms with Crippen LogP contribution in [-0.4, -0.2) is 34.0 Å². The van der Waals surface area contributed by atoms with Crippen LogP contribution < -0.4 is 10.8 Å². The van der Waals surface area contributed by atoms with Crippen molar-refractivity contribution in [1.82, 2.24) is 15.8 Å². The van der Waals surface area contributed by atoms with Gasteiger partial charge in [-0.2, -0.15) is 5.48 Å². The summed E-state index contributed by atoms with van der Waals surface area (Å²) in [7, 11) is 0. The minimum Gasteiger partial charge on any atom is -0.377 e. The molecular weight excluding hydrogens is 282 g/mol. The molecule has 22 heavy (non-hydrogen) atoms. The van der Waals surface area contributed by atoms with E-state index < -0.39 is 6.23 Å². The van der Waals surface area contributed by atoms with Crippen LogP contribution in [0.2, 0.25) is 0 Å². The van der Waals surface area contributed by atoms with Crippen molar-refractivity contribution in [2.45, 2.75) is 38.8 Å². The van der Waals surface area contributed by atoms with Gasteiger partial charge < -0.3 is 20.6 Å². The molecule has 0 aliphatic carbocycles. The third kappa shape index (κ3) is 4.07. The Morgan fingerprint density at radius 2 is 2.05 bits per heavy atom. The second kappa shape index (κ2) is 7.93. The van der Waals surface area contributed by atoms with Gasteiger partial charge in [-0.3, -0.25) is 4.79 Å². The molecule has 6 heteroatoms. The minimum absolute atomic E-state index is 0.0919. The van der Waals surface area contributed by atoms with Crippen molar-refractivity contribution < 1.29 is 15.1 Å². The summed E-state index contributed by atoms with van der Waals surface area (Å²) in [6, 6.07) is 7.86. The van der Waals surface area contributed by atoms with E-state index in [9.17, 15) is 4.79 Å². The number of aromatic nitrogens is 1. The Hall–Kier alpha value is -1.89. The quantitative estimate of drug-likeness (QED) is 0.293. The number of aliphatic hydroxyl groups excluding tert-OH is 1. The number of amides is 1. The Morgan fingerprint density at radius 1 is 1.27 bits per heavy atom. The predicted octanol–water partition coefficient (Wildman–Crippen LogP) is 2.06. The van der Waals surface area contributed by atoms with Gasteiger partial charge in [0.1, 0.15) is 11.9 Å². The molecule has 2 rings (SSSR count). The predicted molar refractivity (Wildman–Crippen MR) is 84.8 cm³/mol. The maximum atomic E-state index is 12.2. The molecule has 6 nitrogen and oxygen atoms in total. The summed E-state index contributed by atoms with van der Waals surface area (Å²) in [6.07, 6.45) is 2.12. The first kappa shape index (κ1) is 16.5. The summed E-state index contributed by atoms with van der Waals surface area (Å²) in [5, 5.41) is 21.6. The number of unbranched alkanes of at least 4 members (excludes halogenated alkanes) is 2. The molecule has 0 saturated carbocycles. The normalized spacial score (nSPS) is 12.5. The fourth-order valence-corrected chi connectivity index (χ4v) is 2.50. The number of para-hydroxylation sites is 1. The van der Waals surface area contributed by atoms with Crippen molar-refractivity contribution in [2.75, 3.05) is 6.54 Å². The summed E-state index contributed by atoms with van der Waals surface area (Å²) in [5.41, 5.74) is 4.34. The maximum Gasteiger partial charge on any atom is 0.268 e. The minimum atomic E-state index is -0.872. The number of aromatic amines is 1. The zero-order chi connectivity index (χ0) is 15.9. The zero-order valence-electron chi connectivity index (χ0n) is 12.7. The molecule has 0 aliphatic rings. The van der Waals surface area contributed by atoms with Gasteiger partial charge >= 0.3 is 0 Å². The summed E-state index contributed by atoms with van der Waals surface area (Å²) in [5.74, 6) is -0.0919. The lowest BCUT2D eigenvalue weighted by atomic mass is 10.1. The molecule has 1 heterocycles. The second-order valence-electron chi connectivity index (χ2n) is 5.42. The Morgan fingerprint density at radius 3 is 2.77 bits per heavy atom. The number of fused-ring (bicyclic) bond motifs is 1. The molecule has 2 aromatic rings. The lowest BCUT2D eigenvalue weighted by Crippen LogP contribution is -2.26. The van der Waals surface area contributed by atoms with Crippen LogP contribution >= 0.6 is 0 Å². The molecule has 0 fully saturated rings. The zero-order valence-corrected chi connectivity index (χ0v) is 12.7. The first-order chi connectivity index (χ1) is 10.6. The van der Waals surface area contributed by atoms with Crippen LogP contribution in [0.25, 0.3) is 10.9 Å². The largest absolute Gasteiger partial charge is 0.377 e. The van der Waals surface area contributed by atoms with Crippen molar-refractivity contribution in [3.8, 4) is 0 Å². The Bertz CT molecular complexity index is 624. The molecule has 0 spiro atoms. The van der Waals surface area contributed by atoms with Crippen LogP contribution in [-0.2, 0) is 0 Å². The third-order valence-electron chi connectivity index (χ3n) is 3.78. The lowest BCUT2D eigenvalue weighted by molar-refractivity contribution is -0.00391. The van der Waals surface area contributed by atoms with E-state index in [4.69, 9.17) is 10.3 Å². The number of aryl methyl sites for hydroxylation is 1. The third-order valence-corrected chi connectivity index (χ3v) is 3.78. The van der Waals surface area contributed by atoms with Crippen LogP contribution in [0.1, 0.15) is 41.7 Å². The number of carbonyl (C=O) groups is 1. The molecule has 1 amide bonds. The molecular formula is C16H23N3O3. The van der Waals surface area contributed by atoms with Gasteiger partial charge in [-0.1, -0.05) is 24.6 Å². The van der Waals surface area contributed by atoms with Crippen LogP contribution in [0.3, 0.4) is 0 Å². The number of hydrogen-bond donors (Lipinski definition) is 5. The monoisotopic (exact) mass is 305 g/mol. The number of benzene rings is 1. The lowest BCUT2D eigenvalue weighted by Gasteiger charge is -2.08. The van der Waals surface area contributed by atoms with E-state index in [-0.39, 0.29) is 5.91 Å². The molecule has 120 valence electrons. The van der Waals surface area contributed by atoms with E-state index >= 15 is 0 Å². The van der Waals surface area contributed by atoms with Gasteiger partial charge in [-0.05, 0) is 37.8 Å². The highest BCUT2D eigenvalue weighted by atomic mass is 16.5. The van der Waals surface area contributed by atoms with Gasteiger partial charge in [-0.15, -0.1) is 0 Å². The second-order valence-corrected chi connectivity index (χ2v) is 5.42. The summed E-state index contributed by atoms with van der Waals surface area (Å²) < 4.78 is 0. The fraction of sp³-hybridized carbons (Fsp3) is 0.438. The topological polar surface area (TPSA) is 97.4 Å². The molecule has 1 atom stereocenters. The van der Waals surface area contributed by atoms with E-state index in [0.29, 0.717) is 18.7 Å². The van der Waals surface area contributed by atoms with E-state index in [2.05, 4.69) is 10.3 Å². The molecule has 0 radical (unpaired) electrons. The number of aliphatic hydroxyl groups is 1. The number of H-pyrrole nitrogens is 1. The van der Waals surface area contributed by atoms with Crippen molar-refractivity contribution in [1.29, 1.82) is 0 Å². The molecule has 1 aromatic carbocycles. The van der Waals surface area contributed by atoms with Gasteiger partial charge in [0.2, 0.25) is 0 Å². The molecule has 0 saturated heterocycles. The molecule has 0 bridgehead atoms. The van der Waals surface area contributed by atoms with Crippen LogP contribution in [0.5, 0.6) is 0 Å². The van der Waals surface area contributed by atoms with Gasteiger partial charge in [0.05, 0.1) is 0 Å². The number of nitrogens with one attached hydrogen (secondary N) is 3. The summed E-state index contributed by atoms with van der Waals surface area (Å²) in [4.78, 5) is 15.4. The molecule has 5 N–H and O–H groups in total. The highest BCUT2D eigenvalue weighted by Gasteiger charge is 2.13. The van der Waals surface area contributed by atoms with Crippen LogP contribution in [0, 0.1) is 6.92 Å². The SMILES string of the molecule is Cc1c(C(=O)NCCCCCC(O)NO)[nH]c2ccccc12. The van der Waals surface area contributed by atoms with Gasteiger partial charge in [0.25, 0.3) is 5.91 Å². The highest BCUT2D eigenvalue weighted by molar-refractivity contribution is 6.00. The fourth-order valence-electron chi connectivity index (χ4n) is 2.50. The Balaban J connectivity index is 1.78. The Kier molecular flexibility index (Phi) is 5.94. The molecule has 0 aliphatic heterocycles. The number of hydroxylamine groups is 1. The van der Waals surface area contributed by atoms with Crippen molar-refractivity contribution in [2.24, 2.45) is 0 Å². The summed E-state index contributed by atoms with van der Waals surface area (Å²) >= 11 is 0. The smallest absolute Gasteiger partial charge is 0.268 e. The van der Waals surface area contributed by atoms with Crippen LogP contribution in [0.15, 0.2) is 24.3 Å². The first-order valence-corrected chi connectivity index (χ1v) is 7.56.